The number of hydrogen-bond donors (Lipinski definition) is 1. The third-order valence-corrected chi connectivity index (χ3v) is 4.58. The second-order valence-corrected chi connectivity index (χ2v) is 7.12. The Bertz CT molecular complexity index is 492. The van der Waals surface area contributed by atoms with E-state index in [1.54, 1.807) is 0 Å². The smallest absolute Gasteiger partial charge is 0.233 e. The number of nitrogens with one attached hydrogen (secondary N) is 1. The monoisotopic (exact) mass is 287 g/mol. The summed E-state index contributed by atoms with van der Waals surface area (Å²) in [7, 11) is -3.19. The summed E-state index contributed by atoms with van der Waals surface area (Å²) in [5, 5.41) is 0.352. The minimum Gasteiger partial charge on any atom is -0.233 e. The van der Waals surface area contributed by atoms with Crippen molar-refractivity contribution in [3.05, 3.63) is 11.9 Å². The van der Waals surface area contributed by atoms with Gasteiger partial charge >= 0.3 is 5.16 Å². The minimum atomic E-state index is -3.19. The summed E-state index contributed by atoms with van der Waals surface area (Å²) in [5.74, 6) is 0.439. The van der Waals surface area contributed by atoms with Gasteiger partial charge in [0.05, 0.1) is 12.8 Å². The standard InChI is InChI=1S/C14H26N2O2S/c1-5-8-10-16-13(12(7-3)9-6-2)11-15-14(16)19(4,17)18/h11-12H,5-10H2,1-4H3/p+1. The highest BCUT2D eigenvalue weighted by Crippen LogP contribution is 2.23. The van der Waals surface area contributed by atoms with E-state index in [-0.39, 0.29) is 0 Å². The molecule has 0 saturated carbocycles. The van der Waals surface area contributed by atoms with Crippen LogP contribution in [0.15, 0.2) is 11.4 Å². The van der Waals surface area contributed by atoms with Gasteiger partial charge in [-0.25, -0.2) is 18.0 Å². The summed E-state index contributed by atoms with van der Waals surface area (Å²) in [6.07, 6.45) is 8.48. The number of aromatic nitrogens is 2. The minimum absolute atomic E-state index is 0.352. The van der Waals surface area contributed by atoms with Crippen LogP contribution in [0.25, 0.3) is 0 Å². The Morgan fingerprint density at radius 3 is 2.42 bits per heavy atom. The summed E-state index contributed by atoms with van der Waals surface area (Å²) < 4.78 is 25.7. The first-order valence-corrected chi connectivity index (χ1v) is 9.15. The summed E-state index contributed by atoms with van der Waals surface area (Å²) in [4.78, 5) is 2.97. The highest BCUT2D eigenvalue weighted by Gasteiger charge is 2.29. The Morgan fingerprint density at radius 2 is 1.95 bits per heavy atom. The van der Waals surface area contributed by atoms with E-state index in [1.807, 2.05) is 10.8 Å². The van der Waals surface area contributed by atoms with E-state index >= 15 is 0 Å². The molecule has 110 valence electrons. The average molecular weight is 287 g/mol. The Morgan fingerprint density at radius 1 is 1.26 bits per heavy atom. The van der Waals surface area contributed by atoms with Crippen molar-refractivity contribution in [1.29, 1.82) is 0 Å². The van der Waals surface area contributed by atoms with Crippen LogP contribution in [-0.4, -0.2) is 19.7 Å². The lowest BCUT2D eigenvalue weighted by molar-refractivity contribution is -0.740. The molecule has 1 heterocycles. The third kappa shape index (κ3) is 4.06. The molecule has 19 heavy (non-hydrogen) atoms. The Kier molecular flexibility index (Phi) is 6.04. The average Bonchev–Trinajstić information content (AvgIpc) is 2.76. The molecule has 0 aliphatic heterocycles. The van der Waals surface area contributed by atoms with Crippen LogP contribution >= 0.6 is 0 Å². The van der Waals surface area contributed by atoms with E-state index in [0.29, 0.717) is 11.1 Å². The maximum absolute atomic E-state index is 11.8. The molecule has 1 atom stereocenters. The van der Waals surface area contributed by atoms with Gasteiger partial charge in [0.2, 0.25) is 0 Å². The molecule has 1 unspecified atom stereocenters. The van der Waals surface area contributed by atoms with E-state index in [0.717, 1.165) is 44.3 Å². The number of aromatic amines is 1. The summed E-state index contributed by atoms with van der Waals surface area (Å²) >= 11 is 0. The van der Waals surface area contributed by atoms with E-state index in [9.17, 15) is 8.42 Å². The van der Waals surface area contributed by atoms with Crippen molar-refractivity contribution < 1.29 is 13.0 Å². The van der Waals surface area contributed by atoms with Gasteiger partial charge in [0.15, 0.2) is 0 Å². The molecule has 0 saturated heterocycles. The van der Waals surface area contributed by atoms with Crippen molar-refractivity contribution in [1.82, 2.24) is 4.98 Å². The summed E-state index contributed by atoms with van der Waals surface area (Å²) in [5.41, 5.74) is 1.14. The van der Waals surface area contributed by atoms with Crippen molar-refractivity contribution in [2.45, 2.75) is 70.5 Å². The Labute approximate surface area is 117 Å². The first-order chi connectivity index (χ1) is 8.95. The largest absolute Gasteiger partial charge is 0.373 e. The van der Waals surface area contributed by atoms with Gasteiger partial charge in [-0.3, -0.25) is 0 Å². The van der Waals surface area contributed by atoms with Crippen LogP contribution in [0.1, 0.15) is 64.5 Å². The van der Waals surface area contributed by atoms with Gasteiger partial charge < -0.3 is 0 Å². The zero-order valence-electron chi connectivity index (χ0n) is 12.6. The Balaban J connectivity index is 3.20. The Hall–Kier alpha value is -0.840. The molecule has 0 aliphatic carbocycles. The lowest BCUT2D eigenvalue weighted by atomic mass is 9.97. The van der Waals surface area contributed by atoms with Gasteiger partial charge in [0.1, 0.15) is 11.9 Å². The number of hydrogen-bond acceptors (Lipinski definition) is 2. The maximum Gasteiger partial charge on any atom is 0.373 e. The molecular formula is C14H27N2O2S+. The van der Waals surface area contributed by atoms with Gasteiger partial charge in [-0.1, -0.05) is 33.6 Å². The van der Waals surface area contributed by atoms with Crippen LogP contribution in [0, 0.1) is 0 Å². The van der Waals surface area contributed by atoms with Crippen LogP contribution in [0.5, 0.6) is 0 Å². The molecule has 0 spiro atoms. The molecule has 0 amide bonds. The van der Waals surface area contributed by atoms with Crippen molar-refractivity contribution in [2.75, 3.05) is 6.26 Å². The van der Waals surface area contributed by atoms with Crippen LogP contribution in [0.4, 0.5) is 0 Å². The van der Waals surface area contributed by atoms with Crippen LogP contribution in [0.2, 0.25) is 0 Å². The number of rotatable bonds is 8. The van der Waals surface area contributed by atoms with Gasteiger partial charge in [-0.2, -0.15) is 0 Å². The fourth-order valence-electron chi connectivity index (χ4n) is 2.51. The van der Waals surface area contributed by atoms with Crippen LogP contribution < -0.4 is 4.57 Å². The number of imidazole rings is 1. The van der Waals surface area contributed by atoms with Gasteiger partial charge in [-0.15, -0.1) is 0 Å². The first kappa shape index (κ1) is 16.2. The summed E-state index contributed by atoms with van der Waals surface area (Å²) in [6, 6.07) is 0. The van der Waals surface area contributed by atoms with Crippen molar-refractivity contribution in [2.24, 2.45) is 0 Å². The fraction of sp³-hybridized carbons (Fsp3) is 0.786. The molecule has 0 fully saturated rings. The lowest BCUT2D eigenvalue weighted by Gasteiger charge is -2.12. The molecule has 1 rings (SSSR count). The zero-order valence-corrected chi connectivity index (χ0v) is 13.4. The lowest BCUT2D eigenvalue weighted by Crippen LogP contribution is -2.42. The molecule has 1 N–H and O–H groups in total. The molecule has 0 radical (unpaired) electrons. The number of unbranched alkanes of at least 4 members (excludes halogenated alkanes) is 1. The molecule has 4 nitrogen and oxygen atoms in total. The molecule has 1 aromatic heterocycles. The van der Waals surface area contributed by atoms with Gasteiger partial charge in [0.25, 0.3) is 9.84 Å². The summed E-state index contributed by atoms with van der Waals surface area (Å²) in [6.45, 7) is 7.23. The maximum atomic E-state index is 11.8. The van der Waals surface area contributed by atoms with Crippen LogP contribution in [-0.2, 0) is 16.4 Å². The van der Waals surface area contributed by atoms with Gasteiger partial charge in [0, 0.05) is 5.92 Å². The van der Waals surface area contributed by atoms with Gasteiger partial charge in [-0.05, 0) is 19.3 Å². The second kappa shape index (κ2) is 7.08. The van der Waals surface area contributed by atoms with Crippen LogP contribution in [0.3, 0.4) is 0 Å². The second-order valence-electron chi connectivity index (χ2n) is 5.19. The molecule has 5 heteroatoms. The zero-order chi connectivity index (χ0) is 14.5. The van der Waals surface area contributed by atoms with E-state index in [4.69, 9.17) is 0 Å². The first-order valence-electron chi connectivity index (χ1n) is 7.26. The number of H-pyrrole nitrogens is 1. The highest BCUT2D eigenvalue weighted by molar-refractivity contribution is 7.90. The van der Waals surface area contributed by atoms with E-state index < -0.39 is 9.84 Å². The fourth-order valence-corrected chi connectivity index (χ4v) is 3.38. The normalized spacial score (nSPS) is 13.7. The quantitative estimate of drug-likeness (QED) is 0.747. The molecule has 0 aromatic carbocycles. The third-order valence-electron chi connectivity index (χ3n) is 3.54. The van der Waals surface area contributed by atoms with Crippen molar-refractivity contribution in [3.8, 4) is 0 Å². The molecular weight excluding hydrogens is 260 g/mol. The number of nitrogens with zero attached hydrogens (tertiary/aromatic N) is 1. The van der Waals surface area contributed by atoms with Crippen molar-refractivity contribution >= 4 is 9.84 Å². The topological polar surface area (TPSA) is 53.8 Å². The van der Waals surface area contributed by atoms with E-state index in [2.05, 4.69) is 25.8 Å². The molecule has 0 bridgehead atoms. The predicted octanol–water partition coefficient (Wildman–Crippen LogP) is 2.80. The number of sulfone groups is 1. The molecule has 0 aliphatic rings. The SMILES string of the molecule is CCCC[n+]1c(C(CC)CCC)c[nH]c1S(C)(=O)=O. The molecule has 1 aromatic rings. The predicted molar refractivity (Wildman–Crippen MR) is 76.9 cm³/mol. The van der Waals surface area contributed by atoms with Crippen molar-refractivity contribution in [3.63, 3.8) is 0 Å². The highest BCUT2D eigenvalue weighted by atomic mass is 32.2. The van der Waals surface area contributed by atoms with E-state index in [1.165, 1.54) is 6.26 Å².